The Bertz CT molecular complexity index is 784. The van der Waals surface area contributed by atoms with Crippen molar-refractivity contribution in [3.05, 3.63) is 57.3 Å². The smallest absolute Gasteiger partial charge is 0.250 e. The van der Waals surface area contributed by atoms with E-state index in [1.165, 1.54) is 0 Å². The summed E-state index contributed by atoms with van der Waals surface area (Å²) in [7, 11) is 0. The van der Waals surface area contributed by atoms with E-state index in [0.29, 0.717) is 29.2 Å². The predicted molar refractivity (Wildman–Crippen MR) is 103 cm³/mol. The lowest BCUT2D eigenvalue weighted by atomic mass is 10.1. The molecule has 130 valence electrons. The van der Waals surface area contributed by atoms with Crippen molar-refractivity contribution in [1.29, 1.82) is 0 Å². The van der Waals surface area contributed by atoms with E-state index in [-0.39, 0.29) is 11.8 Å². The molecule has 0 saturated carbocycles. The molecule has 1 aliphatic heterocycles. The van der Waals surface area contributed by atoms with Gasteiger partial charge in [-0.2, -0.15) is 0 Å². The molecule has 3 rings (SSSR count). The second-order valence-corrected chi connectivity index (χ2v) is 7.41. The summed E-state index contributed by atoms with van der Waals surface area (Å²) < 4.78 is 0. The van der Waals surface area contributed by atoms with Crippen LogP contribution in [0.1, 0.15) is 24.6 Å². The van der Waals surface area contributed by atoms with Crippen molar-refractivity contribution in [1.82, 2.24) is 4.90 Å². The van der Waals surface area contributed by atoms with Gasteiger partial charge in [0.2, 0.25) is 11.8 Å². The van der Waals surface area contributed by atoms with Crippen LogP contribution in [0.4, 0.5) is 5.69 Å². The van der Waals surface area contributed by atoms with Crippen LogP contribution in [0.15, 0.2) is 47.4 Å². The first-order valence-corrected chi connectivity index (χ1v) is 9.39. The van der Waals surface area contributed by atoms with Gasteiger partial charge < -0.3 is 10.2 Å². The maximum Gasteiger partial charge on any atom is 0.250 e. The van der Waals surface area contributed by atoms with Gasteiger partial charge in [-0.15, -0.1) is 11.3 Å². The van der Waals surface area contributed by atoms with Crippen LogP contribution in [-0.4, -0.2) is 29.3 Å². The van der Waals surface area contributed by atoms with Crippen LogP contribution in [0.5, 0.6) is 0 Å². The average molecular weight is 375 g/mol. The SMILES string of the molecule is C/C(=C\c1cccs1)C(=O)N1CCC[C@H]1C(=O)Nc1ccc(Cl)cc1. The van der Waals surface area contributed by atoms with Crippen molar-refractivity contribution in [2.75, 3.05) is 11.9 Å². The molecular formula is C19H19ClN2O2S. The van der Waals surface area contributed by atoms with E-state index >= 15 is 0 Å². The number of anilines is 1. The minimum absolute atomic E-state index is 0.0813. The van der Waals surface area contributed by atoms with Crippen molar-refractivity contribution >= 4 is 46.5 Å². The molecule has 0 bridgehead atoms. The third kappa shape index (κ3) is 4.30. The van der Waals surface area contributed by atoms with Gasteiger partial charge in [0.05, 0.1) is 0 Å². The summed E-state index contributed by atoms with van der Waals surface area (Å²) in [6, 6.07) is 10.4. The number of amides is 2. The first kappa shape index (κ1) is 17.7. The summed E-state index contributed by atoms with van der Waals surface area (Å²) in [5, 5.41) is 5.46. The topological polar surface area (TPSA) is 49.4 Å². The average Bonchev–Trinajstić information content (AvgIpc) is 3.27. The Morgan fingerprint density at radius 3 is 2.72 bits per heavy atom. The van der Waals surface area contributed by atoms with Crippen LogP contribution in [0.25, 0.3) is 6.08 Å². The molecule has 1 atom stereocenters. The van der Waals surface area contributed by atoms with Crippen LogP contribution in [0, 0.1) is 0 Å². The Labute approximate surface area is 156 Å². The molecule has 0 radical (unpaired) electrons. The fourth-order valence-electron chi connectivity index (χ4n) is 2.92. The number of hydrogen-bond donors (Lipinski definition) is 1. The van der Waals surface area contributed by atoms with Crippen LogP contribution in [-0.2, 0) is 9.59 Å². The van der Waals surface area contributed by atoms with Gasteiger partial charge in [0, 0.05) is 27.7 Å². The van der Waals surface area contributed by atoms with E-state index in [1.54, 1.807) is 47.4 Å². The third-order valence-corrected chi connectivity index (χ3v) is 5.24. The number of benzene rings is 1. The zero-order valence-corrected chi connectivity index (χ0v) is 15.4. The molecule has 2 aromatic rings. The summed E-state index contributed by atoms with van der Waals surface area (Å²) in [5.41, 5.74) is 1.33. The Kier molecular flexibility index (Phi) is 5.56. The molecule has 25 heavy (non-hydrogen) atoms. The van der Waals surface area contributed by atoms with Crippen molar-refractivity contribution in [2.24, 2.45) is 0 Å². The zero-order chi connectivity index (χ0) is 17.8. The first-order chi connectivity index (χ1) is 12.0. The van der Waals surface area contributed by atoms with E-state index < -0.39 is 6.04 Å². The maximum absolute atomic E-state index is 12.7. The number of nitrogens with one attached hydrogen (secondary N) is 1. The number of rotatable bonds is 4. The summed E-state index contributed by atoms with van der Waals surface area (Å²) in [6.45, 7) is 2.40. The molecule has 2 heterocycles. The predicted octanol–water partition coefficient (Wildman–Crippen LogP) is 4.43. The Hall–Kier alpha value is -2.11. The molecule has 0 aliphatic carbocycles. The molecule has 1 N–H and O–H groups in total. The summed E-state index contributed by atoms with van der Waals surface area (Å²) >= 11 is 7.45. The van der Waals surface area contributed by atoms with Gasteiger partial charge in [0.15, 0.2) is 0 Å². The molecule has 1 aromatic carbocycles. The van der Waals surface area contributed by atoms with E-state index in [1.807, 2.05) is 23.6 Å². The molecule has 2 amide bonds. The zero-order valence-electron chi connectivity index (χ0n) is 13.9. The van der Waals surface area contributed by atoms with Crippen LogP contribution in [0.2, 0.25) is 5.02 Å². The Morgan fingerprint density at radius 2 is 2.04 bits per heavy atom. The molecule has 1 saturated heterocycles. The van der Waals surface area contributed by atoms with E-state index in [9.17, 15) is 9.59 Å². The number of halogens is 1. The lowest BCUT2D eigenvalue weighted by Gasteiger charge is -2.24. The standard InChI is InChI=1S/C19H19ClN2O2S/c1-13(12-16-4-3-11-25-16)19(24)22-10-2-5-17(22)18(23)21-15-8-6-14(20)7-9-15/h3-4,6-9,11-12,17H,2,5,10H2,1H3,(H,21,23)/b13-12+/t17-/m0/s1. The molecule has 4 nitrogen and oxygen atoms in total. The number of carbonyl (C=O) groups excluding carboxylic acids is 2. The monoisotopic (exact) mass is 374 g/mol. The van der Waals surface area contributed by atoms with E-state index in [2.05, 4.69) is 5.32 Å². The van der Waals surface area contributed by atoms with Crippen LogP contribution >= 0.6 is 22.9 Å². The highest BCUT2D eigenvalue weighted by atomic mass is 35.5. The van der Waals surface area contributed by atoms with Crippen molar-refractivity contribution < 1.29 is 9.59 Å². The number of hydrogen-bond acceptors (Lipinski definition) is 3. The highest BCUT2D eigenvalue weighted by molar-refractivity contribution is 7.10. The first-order valence-electron chi connectivity index (χ1n) is 8.14. The van der Waals surface area contributed by atoms with Gasteiger partial charge in [-0.05, 0) is 61.6 Å². The van der Waals surface area contributed by atoms with Crippen LogP contribution < -0.4 is 5.32 Å². The normalized spacial score (nSPS) is 17.6. The quantitative estimate of drug-likeness (QED) is 0.804. The molecule has 6 heteroatoms. The lowest BCUT2D eigenvalue weighted by molar-refractivity contribution is -0.133. The Balaban J connectivity index is 1.70. The largest absolute Gasteiger partial charge is 0.327 e. The molecule has 0 spiro atoms. The van der Waals surface area contributed by atoms with Gasteiger partial charge in [-0.3, -0.25) is 9.59 Å². The lowest BCUT2D eigenvalue weighted by Crippen LogP contribution is -2.43. The third-order valence-electron chi connectivity index (χ3n) is 4.17. The van der Waals surface area contributed by atoms with Crippen molar-refractivity contribution in [2.45, 2.75) is 25.8 Å². The fourth-order valence-corrected chi connectivity index (χ4v) is 3.76. The summed E-state index contributed by atoms with van der Waals surface area (Å²) in [5.74, 6) is -0.237. The molecule has 1 aliphatic rings. The van der Waals surface area contributed by atoms with Gasteiger partial charge >= 0.3 is 0 Å². The van der Waals surface area contributed by atoms with E-state index in [0.717, 1.165) is 11.3 Å². The molecular weight excluding hydrogens is 356 g/mol. The highest BCUT2D eigenvalue weighted by Gasteiger charge is 2.34. The second kappa shape index (κ2) is 7.85. The maximum atomic E-state index is 12.7. The number of likely N-dealkylation sites (tertiary alicyclic amines) is 1. The number of nitrogens with zero attached hydrogens (tertiary/aromatic N) is 1. The summed E-state index contributed by atoms with van der Waals surface area (Å²) in [4.78, 5) is 28.1. The second-order valence-electron chi connectivity index (χ2n) is 6.00. The molecule has 0 unspecified atom stereocenters. The minimum atomic E-state index is -0.435. The van der Waals surface area contributed by atoms with Gasteiger partial charge in [-0.1, -0.05) is 17.7 Å². The van der Waals surface area contributed by atoms with E-state index in [4.69, 9.17) is 11.6 Å². The van der Waals surface area contributed by atoms with Gasteiger partial charge in [0.1, 0.15) is 6.04 Å². The minimum Gasteiger partial charge on any atom is -0.327 e. The highest BCUT2D eigenvalue weighted by Crippen LogP contribution is 2.23. The Morgan fingerprint density at radius 1 is 1.28 bits per heavy atom. The van der Waals surface area contributed by atoms with Gasteiger partial charge in [-0.25, -0.2) is 0 Å². The summed E-state index contributed by atoms with van der Waals surface area (Å²) in [6.07, 6.45) is 3.38. The van der Waals surface area contributed by atoms with Crippen molar-refractivity contribution in [3.8, 4) is 0 Å². The van der Waals surface area contributed by atoms with Gasteiger partial charge in [0.25, 0.3) is 0 Å². The molecule has 1 aromatic heterocycles. The van der Waals surface area contributed by atoms with Crippen LogP contribution in [0.3, 0.4) is 0 Å². The molecule has 1 fully saturated rings. The van der Waals surface area contributed by atoms with Crippen molar-refractivity contribution in [3.63, 3.8) is 0 Å². The fraction of sp³-hybridized carbons (Fsp3) is 0.263. The number of carbonyl (C=O) groups is 2. The number of thiophene rings is 1.